The second-order valence-corrected chi connectivity index (χ2v) is 7.69. The van der Waals surface area contributed by atoms with E-state index in [1.165, 1.54) is 10.4 Å². The average molecular weight is 356 g/mol. The number of aromatic nitrogens is 4. The monoisotopic (exact) mass is 356 g/mol. The third-order valence-electron chi connectivity index (χ3n) is 5.37. The van der Waals surface area contributed by atoms with Gasteiger partial charge in [-0.05, 0) is 36.3 Å². The molecule has 0 atom stereocenters. The molecule has 0 unspecified atom stereocenters. The summed E-state index contributed by atoms with van der Waals surface area (Å²) in [6.45, 7) is 2.54. The van der Waals surface area contributed by atoms with E-state index in [2.05, 4.69) is 31.4 Å². The molecule has 1 saturated heterocycles. The van der Waals surface area contributed by atoms with Crippen LogP contribution in [-0.2, 0) is 23.8 Å². The smallest absolute Gasteiger partial charge is 0.229 e. The van der Waals surface area contributed by atoms with Gasteiger partial charge in [0.2, 0.25) is 5.95 Å². The lowest BCUT2D eigenvalue weighted by Gasteiger charge is -2.43. The van der Waals surface area contributed by atoms with Gasteiger partial charge in [-0.3, -0.25) is 4.68 Å². The molecule has 0 amide bonds. The van der Waals surface area contributed by atoms with E-state index in [1.54, 1.807) is 10.9 Å². The quantitative estimate of drug-likeness (QED) is 0.719. The summed E-state index contributed by atoms with van der Waals surface area (Å²) in [6, 6.07) is 2.25. The van der Waals surface area contributed by atoms with Crippen molar-refractivity contribution in [3.05, 3.63) is 28.1 Å². The number of thiophene rings is 1. The van der Waals surface area contributed by atoms with E-state index in [0.29, 0.717) is 11.8 Å². The number of anilines is 2. The van der Waals surface area contributed by atoms with Gasteiger partial charge in [-0.25, -0.2) is 0 Å². The first-order valence-corrected chi connectivity index (χ1v) is 9.45. The fourth-order valence-corrected chi connectivity index (χ4v) is 5.13. The highest BCUT2D eigenvalue weighted by molar-refractivity contribution is 7.10. The number of nitrogens with two attached hydrogens (primary N) is 1. The number of fused-ring (bicyclic) bond motifs is 3. The molecule has 130 valence electrons. The van der Waals surface area contributed by atoms with Gasteiger partial charge in [0.15, 0.2) is 5.65 Å². The minimum atomic E-state index is -0.125. The third kappa shape index (κ3) is 2.24. The molecule has 0 saturated carbocycles. The van der Waals surface area contributed by atoms with Gasteiger partial charge in [0.25, 0.3) is 0 Å². The van der Waals surface area contributed by atoms with Crippen LogP contribution in [0.15, 0.2) is 17.6 Å². The number of ether oxygens (including phenoxy) is 1. The molecule has 8 heteroatoms. The highest BCUT2D eigenvalue weighted by Gasteiger charge is 2.42. The van der Waals surface area contributed by atoms with E-state index in [-0.39, 0.29) is 5.60 Å². The van der Waals surface area contributed by atoms with Gasteiger partial charge in [-0.2, -0.15) is 15.1 Å². The number of piperidine rings is 1. The van der Waals surface area contributed by atoms with Gasteiger partial charge in [0.05, 0.1) is 18.2 Å². The van der Waals surface area contributed by atoms with Gasteiger partial charge in [0, 0.05) is 25.0 Å². The van der Waals surface area contributed by atoms with Gasteiger partial charge in [-0.1, -0.05) is 0 Å². The van der Waals surface area contributed by atoms with Crippen LogP contribution >= 0.6 is 11.3 Å². The van der Waals surface area contributed by atoms with E-state index in [0.717, 1.165) is 50.0 Å². The molecule has 0 aromatic carbocycles. The summed E-state index contributed by atoms with van der Waals surface area (Å²) in [4.78, 5) is 12.8. The first-order valence-electron chi connectivity index (χ1n) is 8.57. The molecule has 3 aromatic heterocycles. The molecule has 1 spiro atoms. The van der Waals surface area contributed by atoms with Crippen molar-refractivity contribution in [3.63, 3.8) is 0 Å². The number of hydrogen-bond donors (Lipinski definition) is 1. The Morgan fingerprint density at radius 2 is 2.12 bits per heavy atom. The van der Waals surface area contributed by atoms with E-state index in [4.69, 9.17) is 10.5 Å². The Labute approximate surface area is 149 Å². The Hall–Kier alpha value is -2.19. The second kappa shape index (κ2) is 5.40. The molecule has 5 rings (SSSR count). The van der Waals surface area contributed by atoms with Crippen molar-refractivity contribution in [1.29, 1.82) is 0 Å². The van der Waals surface area contributed by atoms with Gasteiger partial charge < -0.3 is 15.4 Å². The van der Waals surface area contributed by atoms with Crippen molar-refractivity contribution < 1.29 is 4.74 Å². The molecule has 0 bridgehead atoms. The predicted molar refractivity (Wildman–Crippen MR) is 97.8 cm³/mol. The normalized spacial score (nSPS) is 19.5. The largest absolute Gasteiger partial charge is 0.383 e. The second-order valence-electron chi connectivity index (χ2n) is 6.77. The highest BCUT2D eigenvalue weighted by atomic mass is 32.1. The summed E-state index contributed by atoms with van der Waals surface area (Å²) in [5, 5.41) is 7.22. The Kier molecular flexibility index (Phi) is 3.26. The standard InChI is InChI=1S/C17H20N6OS/c1-22-15-12(10-19-22)14(18)20-16(21-15)23-6-4-17(5-7-23)13-11(2-8-24-17)3-9-25-13/h3,9-10H,2,4-8H2,1H3,(H2,18,20,21). The first-order chi connectivity index (χ1) is 12.2. The number of nitrogen functional groups attached to an aromatic ring is 1. The lowest BCUT2D eigenvalue weighted by atomic mass is 9.85. The van der Waals surface area contributed by atoms with E-state index in [9.17, 15) is 0 Å². The fraction of sp³-hybridized carbons (Fsp3) is 0.471. The van der Waals surface area contributed by atoms with Gasteiger partial charge in [-0.15, -0.1) is 11.3 Å². The molecule has 2 N–H and O–H groups in total. The number of nitrogens with zero attached hydrogens (tertiary/aromatic N) is 5. The zero-order chi connectivity index (χ0) is 17.0. The number of rotatable bonds is 1. The maximum atomic E-state index is 6.28. The summed E-state index contributed by atoms with van der Waals surface area (Å²) in [7, 11) is 1.87. The summed E-state index contributed by atoms with van der Waals surface area (Å²) in [5.74, 6) is 1.17. The van der Waals surface area contributed by atoms with Crippen LogP contribution in [0.2, 0.25) is 0 Å². The Balaban J connectivity index is 1.44. The molecule has 7 nitrogen and oxygen atoms in total. The van der Waals surface area contributed by atoms with Crippen LogP contribution in [0.3, 0.4) is 0 Å². The zero-order valence-corrected chi connectivity index (χ0v) is 14.9. The molecular weight excluding hydrogens is 336 g/mol. The molecule has 0 aliphatic carbocycles. The van der Waals surface area contributed by atoms with Gasteiger partial charge in [0.1, 0.15) is 11.4 Å². The van der Waals surface area contributed by atoms with Crippen molar-refractivity contribution in [2.45, 2.75) is 24.9 Å². The van der Waals surface area contributed by atoms with Crippen molar-refractivity contribution in [2.75, 3.05) is 30.3 Å². The lowest BCUT2D eigenvalue weighted by molar-refractivity contribution is -0.0736. The van der Waals surface area contributed by atoms with Crippen molar-refractivity contribution in [3.8, 4) is 0 Å². The van der Waals surface area contributed by atoms with Crippen LogP contribution < -0.4 is 10.6 Å². The Morgan fingerprint density at radius 1 is 1.28 bits per heavy atom. The Bertz CT molecular complexity index is 940. The molecular formula is C17H20N6OS. The topological polar surface area (TPSA) is 82.1 Å². The molecule has 0 radical (unpaired) electrons. The van der Waals surface area contributed by atoms with Crippen LogP contribution in [0.4, 0.5) is 11.8 Å². The van der Waals surface area contributed by atoms with Crippen LogP contribution in [0.1, 0.15) is 23.3 Å². The van der Waals surface area contributed by atoms with Crippen LogP contribution in [0.5, 0.6) is 0 Å². The highest BCUT2D eigenvalue weighted by Crippen LogP contribution is 2.44. The predicted octanol–water partition coefficient (Wildman–Crippen LogP) is 2.08. The van der Waals surface area contributed by atoms with E-state index < -0.39 is 0 Å². The molecule has 2 aliphatic rings. The average Bonchev–Trinajstić information content (AvgIpc) is 3.24. The first kappa shape index (κ1) is 15.1. The van der Waals surface area contributed by atoms with Crippen molar-refractivity contribution >= 4 is 34.1 Å². The summed E-state index contributed by atoms with van der Waals surface area (Å²) in [5.41, 5.74) is 8.22. The molecule has 25 heavy (non-hydrogen) atoms. The van der Waals surface area contributed by atoms with E-state index >= 15 is 0 Å². The SMILES string of the molecule is Cn1ncc2c(N)nc(N3CCC4(CC3)OCCc3ccsc34)nc21. The zero-order valence-electron chi connectivity index (χ0n) is 14.1. The van der Waals surface area contributed by atoms with E-state index in [1.807, 2.05) is 18.4 Å². The molecule has 5 heterocycles. The van der Waals surface area contributed by atoms with Crippen molar-refractivity contribution in [2.24, 2.45) is 7.05 Å². The maximum absolute atomic E-state index is 6.28. The Morgan fingerprint density at radius 3 is 2.96 bits per heavy atom. The van der Waals surface area contributed by atoms with Gasteiger partial charge >= 0.3 is 0 Å². The van der Waals surface area contributed by atoms with Crippen LogP contribution in [0.25, 0.3) is 11.0 Å². The minimum Gasteiger partial charge on any atom is -0.383 e. The number of aryl methyl sites for hydroxylation is 1. The van der Waals surface area contributed by atoms with Crippen LogP contribution in [0, 0.1) is 0 Å². The minimum absolute atomic E-state index is 0.125. The molecule has 1 fully saturated rings. The third-order valence-corrected chi connectivity index (χ3v) is 6.52. The van der Waals surface area contributed by atoms with Crippen LogP contribution in [-0.4, -0.2) is 39.4 Å². The fourth-order valence-electron chi connectivity index (χ4n) is 3.97. The number of hydrogen-bond acceptors (Lipinski definition) is 7. The lowest BCUT2D eigenvalue weighted by Crippen LogP contribution is -2.46. The van der Waals surface area contributed by atoms with Crippen molar-refractivity contribution in [1.82, 2.24) is 19.7 Å². The molecule has 2 aliphatic heterocycles. The summed E-state index contributed by atoms with van der Waals surface area (Å²) < 4.78 is 8.02. The maximum Gasteiger partial charge on any atom is 0.229 e. The molecule has 3 aromatic rings. The summed E-state index contributed by atoms with van der Waals surface area (Å²) in [6.07, 6.45) is 4.65. The summed E-state index contributed by atoms with van der Waals surface area (Å²) >= 11 is 1.83.